The molecule has 1 aromatic heterocycles. The molecule has 94 valence electrons. The van der Waals surface area contributed by atoms with Crippen molar-refractivity contribution in [3.63, 3.8) is 0 Å². The fourth-order valence-electron chi connectivity index (χ4n) is 2.59. The molecule has 1 fully saturated rings. The number of nitrogen functional groups attached to an aromatic ring is 1. The Morgan fingerprint density at radius 2 is 1.94 bits per heavy atom. The van der Waals surface area contributed by atoms with Crippen LogP contribution in [-0.2, 0) is 0 Å². The van der Waals surface area contributed by atoms with Crippen molar-refractivity contribution >= 4 is 22.3 Å². The number of anilines is 2. The lowest BCUT2D eigenvalue weighted by Gasteiger charge is -2.16. The number of fused-ring (bicyclic) bond motifs is 1. The van der Waals surface area contributed by atoms with Crippen LogP contribution in [0.2, 0.25) is 0 Å². The molecule has 1 aliphatic rings. The maximum absolute atomic E-state index is 11.7. The quantitative estimate of drug-likeness (QED) is 0.797. The van der Waals surface area contributed by atoms with Crippen LogP contribution in [-0.4, -0.2) is 6.04 Å². The van der Waals surface area contributed by atoms with Crippen molar-refractivity contribution in [1.82, 2.24) is 0 Å². The molecule has 0 radical (unpaired) electrons. The minimum absolute atomic E-state index is 0.181. The van der Waals surface area contributed by atoms with E-state index in [1.165, 1.54) is 12.8 Å². The molecule has 2 aromatic rings. The molecule has 0 unspecified atom stereocenters. The lowest BCUT2D eigenvalue weighted by Crippen LogP contribution is -2.19. The van der Waals surface area contributed by atoms with Crippen LogP contribution in [0.3, 0.4) is 0 Å². The zero-order chi connectivity index (χ0) is 12.5. The molecule has 0 aliphatic heterocycles. The van der Waals surface area contributed by atoms with E-state index in [2.05, 4.69) is 5.32 Å². The number of benzene rings is 1. The molecule has 4 nitrogen and oxygen atoms in total. The Balaban J connectivity index is 2.12. The highest BCUT2D eigenvalue weighted by molar-refractivity contribution is 5.95. The van der Waals surface area contributed by atoms with Gasteiger partial charge in [0.15, 0.2) is 0 Å². The van der Waals surface area contributed by atoms with E-state index in [1.54, 1.807) is 6.07 Å². The highest BCUT2D eigenvalue weighted by Crippen LogP contribution is 2.30. The zero-order valence-electron chi connectivity index (χ0n) is 10.1. The number of rotatable bonds is 2. The third kappa shape index (κ3) is 1.83. The molecule has 18 heavy (non-hydrogen) atoms. The summed E-state index contributed by atoms with van der Waals surface area (Å²) in [4.78, 5) is 11.7. The van der Waals surface area contributed by atoms with Crippen LogP contribution >= 0.6 is 0 Å². The summed E-state index contributed by atoms with van der Waals surface area (Å²) >= 11 is 0. The van der Waals surface area contributed by atoms with Crippen molar-refractivity contribution in [2.75, 3.05) is 11.1 Å². The van der Waals surface area contributed by atoms with E-state index >= 15 is 0 Å². The highest BCUT2D eigenvalue weighted by atomic mass is 16.4. The van der Waals surface area contributed by atoms with Crippen molar-refractivity contribution in [3.8, 4) is 0 Å². The first-order chi connectivity index (χ1) is 8.75. The van der Waals surface area contributed by atoms with E-state index in [-0.39, 0.29) is 5.69 Å². The standard InChI is InChI=1S/C14H16N2O2/c15-12-13(16-9-5-1-2-6-9)10-7-3-4-8-11(10)18-14(12)17/h3-4,7-9,16H,1-2,5-6,15H2. The Morgan fingerprint density at radius 3 is 2.72 bits per heavy atom. The van der Waals surface area contributed by atoms with Crippen molar-refractivity contribution in [3.05, 3.63) is 34.7 Å². The molecule has 1 heterocycles. The molecular formula is C14H16N2O2. The van der Waals surface area contributed by atoms with Crippen molar-refractivity contribution in [1.29, 1.82) is 0 Å². The van der Waals surface area contributed by atoms with Crippen molar-refractivity contribution in [2.45, 2.75) is 31.7 Å². The minimum atomic E-state index is -0.464. The molecule has 0 amide bonds. The Kier molecular flexibility index (Phi) is 2.70. The molecule has 3 rings (SSSR count). The maximum atomic E-state index is 11.7. The van der Waals surface area contributed by atoms with Gasteiger partial charge in [-0.05, 0) is 25.0 Å². The first kappa shape index (κ1) is 11.1. The third-order valence-corrected chi connectivity index (χ3v) is 3.55. The molecule has 0 bridgehead atoms. The largest absolute Gasteiger partial charge is 0.421 e. The van der Waals surface area contributed by atoms with Gasteiger partial charge in [-0.25, -0.2) is 4.79 Å². The van der Waals surface area contributed by atoms with E-state index in [9.17, 15) is 4.79 Å². The van der Waals surface area contributed by atoms with Crippen LogP contribution in [0.5, 0.6) is 0 Å². The Labute approximate surface area is 105 Å². The van der Waals surface area contributed by atoms with Crippen LogP contribution in [0, 0.1) is 0 Å². The fraction of sp³-hybridized carbons (Fsp3) is 0.357. The second kappa shape index (κ2) is 4.37. The first-order valence-corrected chi connectivity index (χ1v) is 6.33. The maximum Gasteiger partial charge on any atom is 0.361 e. The highest BCUT2D eigenvalue weighted by Gasteiger charge is 2.18. The van der Waals surface area contributed by atoms with Crippen LogP contribution < -0.4 is 16.7 Å². The summed E-state index contributed by atoms with van der Waals surface area (Å²) in [5.74, 6) is 0. The van der Waals surface area contributed by atoms with Gasteiger partial charge < -0.3 is 15.5 Å². The number of hydrogen-bond donors (Lipinski definition) is 2. The number of para-hydroxylation sites is 1. The topological polar surface area (TPSA) is 68.3 Å². The van der Waals surface area contributed by atoms with Gasteiger partial charge in [0.1, 0.15) is 11.3 Å². The smallest absolute Gasteiger partial charge is 0.361 e. The van der Waals surface area contributed by atoms with Gasteiger partial charge in [0, 0.05) is 11.4 Å². The summed E-state index contributed by atoms with van der Waals surface area (Å²) < 4.78 is 5.18. The number of nitrogens with two attached hydrogens (primary N) is 1. The van der Waals surface area contributed by atoms with Gasteiger partial charge in [-0.2, -0.15) is 0 Å². The number of hydrogen-bond acceptors (Lipinski definition) is 4. The Morgan fingerprint density at radius 1 is 1.22 bits per heavy atom. The van der Waals surface area contributed by atoms with E-state index in [4.69, 9.17) is 10.2 Å². The average molecular weight is 244 g/mol. The molecule has 3 N–H and O–H groups in total. The van der Waals surface area contributed by atoms with Gasteiger partial charge >= 0.3 is 5.63 Å². The van der Waals surface area contributed by atoms with E-state index in [0.717, 1.165) is 23.9 Å². The van der Waals surface area contributed by atoms with Crippen LogP contribution in [0.15, 0.2) is 33.5 Å². The van der Waals surface area contributed by atoms with Gasteiger partial charge in [0.2, 0.25) is 0 Å². The molecule has 1 saturated carbocycles. The molecule has 0 saturated heterocycles. The zero-order valence-corrected chi connectivity index (χ0v) is 10.1. The summed E-state index contributed by atoms with van der Waals surface area (Å²) in [6.45, 7) is 0. The predicted octanol–water partition coefficient (Wildman–Crippen LogP) is 2.73. The lowest BCUT2D eigenvalue weighted by atomic mass is 10.1. The van der Waals surface area contributed by atoms with Crippen LogP contribution in [0.4, 0.5) is 11.4 Å². The molecular weight excluding hydrogens is 228 g/mol. The van der Waals surface area contributed by atoms with Gasteiger partial charge in [0.25, 0.3) is 0 Å². The summed E-state index contributed by atoms with van der Waals surface area (Å²) in [6.07, 6.45) is 4.73. The van der Waals surface area contributed by atoms with E-state index in [1.807, 2.05) is 18.2 Å². The van der Waals surface area contributed by atoms with Gasteiger partial charge in [0.05, 0.1) is 5.69 Å². The monoisotopic (exact) mass is 244 g/mol. The molecule has 0 spiro atoms. The van der Waals surface area contributed by atoms with E-state index < -0.39 is 5.63 Å². The van der Waals surface area contributed by atoms with Gasteiger partial charge in [-0.1, -0.05) is 25.0 Å². The average Bonchev–Trinajstić information content (AvgIpc) is 2.88. The minimum Gasteiger partial charge on any atom is -0.421 e. The van der Waals surface area contributed by atoms with Crippen LogP contribution in [0.1, 0.15) is 25.7 Å². The van der Waals surface area contributed by atoms with Gasteiger partial charge in [-0.15, -0.1) is 0 Å². The first-order valence-electron chi connectivity index (χ1n) is 6.33. The Bertz CT molecular complexity index is 627. The second-order valence-corrected chi connectivity index (χ2v) is 4.80. The molecule has 0 atom stereocenters. The van der Waals surface area contributed by atoms with Crippen molar-refractivity contribution < 1.29 is 4.42 Å². The van der Waals surface area contributed by atoms with Crippen LogP contribution in [0.25, 0.3) is 11.0 Å². The normalized spacial score (nSPS) is 16.2. The second-order valence-electron chi connectivity index (χ2n) is 4.80. The van der Waals surface area contributed by atoms with Crippen molar-refractivity contribution in [2.24, 2.45) is 0 Å². The molecule has 4 heteroatoms. The predicted molar refractivity (Wildman–Crippen MR) is 72.8 cm³/mol. The SMILES string of the molecule is Nc1c(NC2CCCC2)c2ccccc2oc1=O. The lowest BCUT2D eigenvalue weighted by molar-refractivity contribution is 0.564. The third-order valence-electron chi connectivity index (χ3n) is 3.55. The summed E-state index contributed by atoms with van der Waals surface area (Å²) in [6, 6.07) is 7.89. The summed E-state index contributed by atoms with van der Waals surface area (Å²) in [5, 5.41) is 4.28. The molecule has 1 aliphatic carbocycles. The van der Waals surface area contributed by atoms with E-state index in [0.29, 0.717) is 11.6 Å². The number of nitrogens with one attached hydrogen (secondary N) is 1. The summed E-state index contributed by atoms with van der Waals surface area (Å²) in [5.41, 5.74) is 6.89. The fourth-order valence-corrected chi connectivity index (χ4v) is 2.59. The van der Waals surface area contributed by atoms with Gasteiger partial charge in [-0.3, -0.25) is 0 Å². The summed E-state index contributed by atoms with van der Waals surface area (Å²) in [7, 11) is 0. The molecule has 1 aromatic carbocycles. The Hall–Kier alpha value is -1.97.